The molecule has 2 rings (SSSR count). The molecule has 104 valence electrons. The lowest BCUT2D eigenvalue weighted by Crippen LogP contribution is -2.29. The summed E-state index contributed by atoms with van der Waals surface area (Å²) in [7, 11) is 0. The summed E-state index contributed by atoms with van der Waals surface area (Å²) >= 11 is 0. The predicted octanol–water partition coefficient (Wildman–Crippen LogP) is 3.15. The van der Waals surface area contributed by atoms with E-state index in [1.54, 1.807) is 0 Å². The second-order valence-corrected chi connectivity index (χ2v) is 5.74. The number of hydrogen-bond acceptors (Lipinski definition) is 2. The van der Waals surface area contributed by atoms with Crippen molar-refractivity contribution in [2.75, 3.05) is 25.0 Å². The van der Waals surface area contributed by atoms with Crippen molar-refractivity contribution in [1.82, 2.24) is 4.90 Å². The number of nitrogens with one attached hydrogen (secondary N) is 1. The van der Waals surface area contributed by atoms with E-state index < -0.39 is 0 Å². The van der Waals surface area contributed by atoms with E-state index in [4.69, 9.17) is 0 Å². The molecule has 3 heteroatoms. The van der Waals surface area contributed by atoms with Crippen LogP contribution in [0.25, 0.3) is 0 Å². The lowest BCUT2D eigenvalue weighted by molar-refractivity contribution is 0.0786. The van der Waals surface area contributed by atoms with E-state index in [1.807, 2.05) is 17.0 Å². The number of nitrogens with zero attached hydrogens (tertiary/aromatic N) is 1. The minimum absolute atomic E-state index is 0.159. The molecular formula is C16H24N2O. The summed E-state index contributed by atoms with van der Waals surface area (Å²) in [6.07, 6.45) is 0. The van der Waals surface area contributed by atoms with Gasteiger partial charge in [-0.25, -0.2) is 0 Å². The lowest BCUT2D eigenvalue weighted by Gasteiger charge is -2.19. The number of amides is 1. The SMILES string of the molecule is CCNc1cc(C)ccc1C(=O)N1CC(C)C(C)C1. The smallest absolute Gasteiger partial charge is 0.255 e. The van der Waals surface area contributed by atoms with Crippen LogP contribution in [0.5, 0.6) is 0 Å². The van der Waals surface area contributed by atoms with Gasteiger partial charge in [-0.05, 0) is 43.4 Å². The Morgan fingerprint density at radius 1 is 1.32 bits per heavy atom. The normalized spacial score (nSPS) is 22.6. The predicted molar refractivity (Wildman–Crippen MR) is 79.6 cm³/mol. The highest BCUT2D eigenvalue weighted by Gasteiger charge is 2.30. The highest BCUT2D eigenvalue weighted by atomic mass is 16.2. The fourth-order valence-corrected chi connectivity index (χ4v) is 2.65. The third kappa shape index (κ3) is 2.91. The molecule has 1 aliphatic heterocycles. The van der Waals surface area contributed by atoms with Gasteiger partial charge in [-0.15, -0.1) is 0 Å². The minimum Gasteiger partial charge on any atom is -0.385 e. The zero-order valence-electron chi connectivity index (χ0n) is 12.4. The number of carbonyl (C=O) groups is 1. The van der Waals surface area contributed by atoms with Crippen molar-refractivity contribution < 1.29 is 4.79 Å². The first-order valence-electron chi connectivity index (χ1n) is 7.16. The quantitative estimate of drug-likeness (QED) is 0.905. The Kier molecular flexibility index (Phi) is 4.13. The average Bonchev–Trinajstić information content (AvgIpc) is 2.70. The van der Waals surface area contributed by atoms with E-state index in [0.717, 1.165) is 30.9 Å². The van der Waals surface area contributed by atoms with Crippen molar-refractivity contribution in [3.05, 3.63) is 29.3 Å². The van der Waals surface area contributed by atoms with Crippen LogP contribution < -0.4 is 5.32 Å². The summed E-state index contributed by atoms with van der Waals surface area (Å²) in [6.45, 7) is 11.1. The minimum atomic E-state index is 0.159. The van der Waals surface area contributed by atoms with Crippen molar-refractivity contribution in [3.63, 3.8) is 0 Å². The summed E-state index contributed by atoms with van der Waals surface area (Å²) < 4.78 is 0. The molecule has 0 saturated carbocycles. The fourth-order valence-electron chi connectivity index (χ4n) is 2.65. The van der Waals surface area contributed by atoms with Crippen molar-refractivity contribution >= 4 is 11.6 Å². The summed E-state index contributed by atoms with van der Waals surface area (Å²) in [5.41, 5.74) is 2.93. The van der Waals surface area contributed by atoms with Gasteiger partial charge in [-0.1, -0.05) is 19.9 Å². The molecule has 1 aliphatic rings. The molecule has 1 aromatic rings. The van der Waals surface area contributed by atoms with Gasteiger partial charge >= 0.3 is 0 Å². The Balaban J connectivity index is 2.24. The van der Waals surface area contributed by atoms with Crippen LogP contribution >= 0.6 is 0 Å². The summed E-state index contributed by atoms with van der Waals surface area (Å²) in [5.74, 6) is 1.35. The topological polar surface area (TPSA) is 32.3 Å². The molecule has 1 aromatic carbocycles. The zero-order valence-corrected chi connectivity index (χ0v) is 12.4. The first-order chi connectivity index (χ1) is 9.02. The van der Waals surface area contributed by atoms with Crippen LogP contribution in [0, 0.1) is 18.8 Å². The van der Waals surface area contributed by atoms with Crippen LogP contribution in [0.15, 0.2) is 18.2 Å². The van der Waals surface area contributed by atoms with Gasteiger partial charge in [0.2, 0.25) is 0 Å². The molecule has 0 aliphatic carbocycles. The molecule has 1 amide bonds. The van der Waals surface area contributed by atoms with Gasteiger partial charge < -0.3 is 10.2 Å². The van der Waals surface area contributed by atoms with Gasteiger partial charge in [-0.3, -0.25) is 4.79 Å². The van der Waals surface area contributed by atoms with Crippen molar-refractivity contribution in [3.8, 4) is 0 Å². The van der Waals surface area contributed by atoms with Gasteiger partial charge in [0, 0.05) is 25.3 Å². The highest BCUT2D eigenvalue weighted by Crippen LogP contribution is 2.26. The molecule has 1 saturated heterocycles. The first kappa shape index (κ1) is 13.9. The maximum absolute atomic E-state index is 12.6. The number of hydrogen-bond donors (Lipinski definition) is 1. The summed E-state index contributed by atoms with van der Waals surface area (Å²) in [5, 5.41) is 3.30. The number of aryl methyl sites for hydroxylation is 1. The third-order valence-electron chi connectivity index (χ3n) is 4.05. The Bertz CT molecular complexity index is 460. The van der Waals surface area contributed by atoms with E-state index in [-0.39, 0.29) is 5.91 Å². The first-order valence-corrected chi connectivity index (χ1v) is 7.16. The molecule has 1 fully saturated rings. The Hall–Kier alpha value is -1.51. The molecule has 2 unspecified atom stereocenters. The van der Waals surface area contributed by atoms with E-state index in [0.29, 0.717) is 11.8 Å². The number of carbonyl (C=O) groups excluding carboxylic acids is 1. The molecule has 0 spiro atoms. The molecule has 1 heterocycles. The molecule has 0 radical (unpaired) electrons. The number of likely N-dealkylation sites (tertiary alicyclic amines) is 1. The largest absolute Gasteiger partial charge is 0.385 e. The van der Waals surface area contributed by atoms with E-state index >= 15 is 0 Å². The number of rotatable bonds is 3. The Morgan fingerprint density at radius 3 is 2.53 bits per heavy atom. The highest BCUT2D eigenvalue weighted by molar-refractivity contribution is 5.99. The lowest BCUT2D eigenvalue weighted by atomic mass is 10.0. The Labute approximate surface area is 116 Å². The summed E-state index contributed by atoms with van der Waals surface area (Å²) in [6, 6.07) is 6.01. The van der Waals surface area contributed by atoms with Gasteiger partial charge in [0.25, 0.3) is 5.91 Å². The van der Waals surface area contributed by atoms with Gasteiger partial charge in [0.15, 0.2) is 0 Å². The molecule has 19 heavy (non-hydrogen) atoms. The fraction of sp³-hybridized carbons (Fsp3) is 0.562. The van der Waals surface area contributed by atoms with Gasteiger partial charge in [0.05, 0.1) is 5.56 Å². The zero-order chi connectivity index (χ0) is 14.0. The number of anilines is 1. The van der Waals surface area contributed by atoms with E-state index in [9.17, 15) is 4.79 Å². The van der Waals surface area contributed by atoms with Crippen molar-refractivity contribution in [2.45, 2.75) is 27.7 Å². The second-order valence-electron chi connectivity index (χ2n) is 5.74. The van der Waals surface area contributed by atoms with Crippen LogP contribution in [0.4, 0.5) is 5.69 Å². The second kappa shape index (κ2) is 5.64. The van der Waals surface area contributed by atoms with Gasteiger partial charge in [0.1, 0.15) is 0 Å². The standard InChI is InChI=1S/C16H24N2O/c1-5-17-15-8-11(2)6-7-14(15)16(19)18-9-12(3)13(4)10-18/h6-8,12-13,17H,5,9-10H2,1-4H3. The summed E-state index contributed by atoms with van der Waals surface area (Å²) in [4.78, 5) is 14.6. The van der Waals surface area contributed by atoms with E-state index in [2.05, 4.69) is 39.1 Å². The van der Waals surface area contributed by atoms with Crippen LogP contribution in [0.1, 0.15) is 36.7 Å². The van der Waals surface area contributed by atoms with Crippen LogP contribution in [0.2, 0.25) is 0 Å². The van der Waals surface area contributed by atoms with E-state index in [1.165, 1.54) is 5.56 Å². The maximum Gasteiger partial charge on any atom is 0.255 e. The van der Waals surface area contributed by atoms with Crippen LogP contribution in [-0.4, -0.2) is 30.4 Å². The molecule has 2 atom stereocenters. The van der Waals surface area contributed by atoms with Crippen molar-refractivity contribution in [1.29, 1.82) is 0 Å². The maximum atomic E-state index is 12.6. The number of benzene rings is 1. The monoisotopic (exact) mass is 260 g/mol. The molecule has 0 aromatic heterocycles. The average molecular weight is 260 g/mol. The third-order valence-corrected chi connectivity index (χ3v) is 4.05. The Morgan fingerprint density at radius 2 is 1.95 bits per heavy atom. The van der Waals surface area contributed by atoms with Crippen molar-refractivity contribution in [2.24, 2.45) is 11.8 Å². The molecule has 1 N–H and O–H groups in total. The van der Waals surface area contributed by atoms with Crippen LogP contribution in [0.3, 0.4) is 0 Å². The molecule has 3 nitrogen and oxygen atoms in total. The van der Waals surface area contributed by atoms with Crippen LogP contribution in [-0.2, 0) is 0 Å². The molecular weight excluding hydrogens is 236 g/mol. The molecule has 0 bridgehead atoms. The van der Waals surface area contributed by atoms with Gasteiger partial charge in [-0.2, -0.15) is 0 Å².